The molecule has 0 N–H and O–H groups in total. The normalized spacial score (nSPS) is 18.7. The van der Waals surface area contributed by atoms with Crippen LogP contribution in [0.3, 0.4) is 0 Å². The first-order valence-electron chi connectivity index (χ1n) is 5.71. The van der Waals surface area contributed by atoms with Crippen molar-refractivity contribution in [3.63, 3.8) is 0 Å². The lowest BCUT2D eigenvalue weighted by Gasteiger charge is -2.20. The Bertz CT molecular complexity index is 358. The highest BCUT2D eigenvalue weighted by Crippen LogP contribution is 2.18. The average Bonchev–Trinajstić information content (AvgIpc) is 2.56. The minimum atomic E-state index is -2.25. The molecule has 1 aromatic heterocycles. The van der Waals surface area contributed by atoms with Crippen molar-refractivity contribution in [3.05, 3.63) is 5.82 Å². The second-order valence-corrected chi connectivity index (χ2v) is 4.89. The number of nitrogens with zero attached hydrogens (tertiary/aromatic N) is 4. The lowest BCUT2D eigenvalue weighted by Crippen LogP contribution is -2.33. The first kappa shape index (κ1) is 12.6. The molecule has 0 spiro atoms. The van der Waals surface area contributed by atoms with E-state index >= 15 is 0 Å². The van der Waals surface area contributed by atoms with Gasteiger partial charge in [-0.05, 0) is 13.3 Å². The molecule has 0 aromatic carbocycles. The number of aromatic nitrogens is 2. The van der Waals surface area contributed by atoms with Crippen LogP contribution in [0.2, 0.25) is 0 Å². The Morgan fingerprint density at radius 2 is 2.12 bits per heavy atom. The van der Waals surface area contributed by atoms with Crippen LogP contribution in [0.4, 0.5) is 13.9 Å². The van der Waals surface area contributed by atoms with Gasteiger partial charge in [0.15, 0.2) is 0 Å². The summed E-state index contributed by atoms with van der Waals surface area (Å²) >= 11 is 1.38. The van der Waals surface area contributed by atoms with Gasteiger partial charge in [0.2, 0.25) is 5.13 Å². The van der Waals surface area contributed by atoms with Crippen molar-refractivity contribution in [1.29, 1.82) is 0 Å². The number of anilines is 1. The maximum atomic E-state index is 12.3. The zero-order chi connectivity index (χ0) is 12.3. The van der Waals surface area contributed by atoms with E-state index in [4.69, 9.17) is 0 Å². The summed E-state index contributed by atoms with van der Waals surface area (Å²) < 4.78 is 28.7. The van der Waals surface area contributed by atoms with Crippen LogP contribution in [0.1, 0.15) is 12.2 Å². The zero-order valence-corrected chi connectivity index (χ0v) is 10.6. The van der Waals surface area contributed by atoms with E-state index in [9.17, 15) is 8.78 Å². The van der Waals surface area contributed by atoms with E-state index in [1.54, 1.807) is 0 Å². The second-order valence-electron chi connectivity index (χ2n) is 4.16. The highest BCUT2D eigenvalue weighted by atomic mass is 32.1. The third-order valence-electron chi connectivity index (χ3n) is 2.77. The predicted octanol–water partition coefficient (Wildman–Crippen LogP) is 1.62. The fraction of sp³-hybridized carbons (Fsp3) is 0.800. The van der Waals surface area contributed by atoms with Gasteiger partial charge in [-0.25, -0.2) is 13.8 Å². The minimum absolute atomic E-state index is 0.122. The summed E-state index contributed by atoms with van der Waals surface area (Å²) in [5.74, 6) is 0.777. The van der Waals surface area contributed by atoms with E-state index < -0.39 is 6.43 Å². The van der Waals surface area contributed by atoms with Gasteiger partial charge in [0, 0.05) is 37.7 Å². The summed E-state index contributed by atoms with van der Waals surface area (Å²) in [4.78, 5) is 8.28. The molecule has 1 aliphatic rings. The van der Waals surface area contributed by atoms with Gasteiger partial charge in [-0.3, -0.25) is 4.90 Å². The Labute approximate surface area is 103 Å². The molecule has 17 heavy (non-hydrogen) atoms. The molecule has 2 rings (SSSR count). The van der Waals surface area contributed by atoms with E-state index in [0.717, 1.165) is 37.0 Å². The van der Waals surface area contributed by atoms with Gasteiger partial charge in [-0.1, -0.05) is 0 Å². The van der Waals surface area contributed by atoms with Crippen LogP contribution in [0.15, 0.2) is 0 Å². The van der Waals surface area contributed by atoms with Crippen LogP contribution in [0, 0.1) is 6.92 Å². The fourth-order valence-corrected chi connectivity index (χ4v) is 2.68. The zero-order valence-electron chi connectivity index (χ0n) is 9.77. The van der Waals surface area contributed by atoms with Crippen molar-refractivity contribution in [2.75, 3.05) is 37.6 Å². The van der Waals surface area contributed by atoms with Gasteiger partial charge in [0.25, 0.3) is 6.43 Å². The Morgan fingerprint density at radius 3 is 2.76 bits per heavy atom. The third-order valence-corrected chi connectivity index (χ3v) is 3.64. The Morgan fingerprint density at radius 1 is 1.29 bits per heavy atom. The van der Waals surface area contributed by atoms with Crippen LogP contribution >= 0.6 is 11.5 Å². The van der Waals surface area contributed by atoms with Crippen LogP contribution in [0.5, 0.6) is 0 Å². The SMILES string of the molecule is Cc1nsc(N2CCCN(CC(F)F)CC2)n1. The molecule has 7 heteroatoms. The van der Waals surface area contributed by atoms with E-state index in [2.05, 4.69) is 14.3 Å². The van der Waals surface area contributed by atoms with Crippen molar-refractivity contribution in [1.82, 2.24) is 14.3 Å². The van der Waals surface area contributed by atoms with Crippen molar-refractivity contribution < 1.29 is 8.78 Å². The smallest absolute Gasteiger partial charge is 0.251 e. The van der Waals surface area contributed by atoms with Crippen molar-refractivity contribution in [2.45, 2.75) is 19.8 Å². The highest BCUT2D eigenvalue weighted by molar-refractivity contribution is 7.09. The number of rotatable bonds is 3. The van der Waals surface area contributed by atoms with E-state index in [1.807, 2.05) is 11.8 Å². The monoisotopic (exact) mass is 262 g/mol. The number of halogens is 2. The van der Waals surface area contributed by atoms with E-state index in [1.165, 1.54) is 11.5 Å². The largest absolute Gasteiger partial charge is 0.346 e. The molecule has 1 fully saturated rings. The third kappa shape index (κ3) is 3.57. The van der Waals surface area contributed by atoms with Gasteiger partial charge in [-0.2, -0.15) is 4.37 Å². The topological polar surface area (TPSA) is 32.3 Å². The molecule has 96 valence electrons. The summed E-state index contributed by atoms with van der Waals surface area (Å²) in [7, 11) is 0. The summed E-state index contributed by atoms with van der Waals surface area (Å²) in [5.41, 5.74) is 0. The Balaban J connectivity index is 1.91. The molecule has 1 saturated heterocycles. The first-order valence-corrected chi connectivity index (χ1v) is 6.48. The molecule has 2 heterocycles. The molecular weight excluding hydrogens is 246 g/mol. The summed E-state index contributed by atoms with van der Waals surface area (Å²) in [6, 6.07) is 0. The first-order chi connectivity index (χ1) is 8.15. The minimum Gasteiger partial charge on any atom is -0.346 e. The Hall–Kier alpha value is -0.820. The van der Waals surface area contributed by atoms with Crippen molar-refractivity contribution >= 4 is 16.7 Å². The maximum absolute atomic E-state index is 12.3. The van der Waals surface area contributed by atoms with Gasteiger partial charge in [-0.15, -0.1) is 0 Å². The van der Waals surface area contributed by atoms with Gasteiger partial charge in [0.1, 0.15) is 5.82 Å². The maximum Gasteiger partial charge on any atom is 0.251 e. The predicted molar refractivity (Wildman–Crippen MR) is 63.9 cm³/mol. The van der Waals surface area contributed by atoms with Gasteiger partial charge < -0.3 is 4.90 Å². The molecule has 0 saturated carbocycles. The molecule has 4 nitrogen and oxygen atoms in total. The van der Waals surface area contributed by atoms with Gasteiger partial charge in [0.05, 0.1) is 6.54 Å². The quantitative estimate of drug-likeness (QED) is 0.828. The molecule has 0 unspecified atom stereocenters. The number of aryl methyl sites for hydroxylation is 1. The standard InChI is InChI=1S/C10H16F2N4S/c1-8-13-10(17-14-8)16-4-2-3-15(5-6-16)7-9(11)12/h9H,2-7H2,1H3. The highest BCUT2D eigenvalue weighted by Gasteiger charge is 2.19. The lowest BCUT2D eigenvalue weighted by molar-refractivity contribution is 0.0917. The molecule has 0 aliphatic carbocycles. The van der Waals surface area contributed by atoms with Gasteiger partial charge >= 0.3 is 0 Å². The summed E-state index contributed by atoms with van der Waals surface area (Å²) in [6.45, 7) is 4.77. The van der Waals surface area contributed by atoms with E-state index in [-0.39, 0.29) is 6.54 Å². The molecule has 0 bridgehead atoms. The molecule has 1 aromatic rings. The number of hydrogen-bond acceptors (Lipinski definition) is 5. The van der Waals surface area contributed by atoms with Crippen molar-refractivity contribution in [2.24, 2.45) is 0 Å². The average molecular weight is 262 g/mol. The lowest BCUT2D eigenvalue weighted by atomic mass is 10.4. The van der Waals surface area contributed by atoms with Crippen LogP contribution in [-0.2, 0) is 0 Å². The summed E-state index contributed by atoms with van der Waals surface area (Å²) in [5, 5.41) is 0.904. The fourth-order valence-electron chi connectivity index (χ4n) is 1.95. The van der Waals surface area contributed by atoms with Crippen LogP contribution in [-0.4, -0.2) is 53.4 Å². The number of alkyl halides is 2. The second kappa shape index (κ2) is 5.68. The Kier molecular flexibility index (Phi) is 4.22. The molecule has 0 radical (unpaired) electrons. The van der Waals surface area contributed by atoms with Crippen LogP contribution in [0.25, 0.3) is 0 Å². The molecule has 0 atom stereocenters. The molecule has 1 aliphatic heterocycles. The molecule has 0 amide bonds. The number of hydrogen-bond donors (Lipinski definition) is 0. The summed E-state index contributed by atoms with van der Waals surface area (Å²) in [6.07, 6.45) is -1.35. The van der Waals surface area contributed by atoms with E-state index in [0.29, 0.717) is 6.54 Å². The van der Waals surface area contributed by atoms with Crippen LogP contribution < -0.4 is 4.90 Å². The molecular formula is C10H16F2N4S. The van der Waals surface area contributed by atoms with Crippen molar-refractivity contribution in [3.8, 4) is 0 Å².